The first-order chi connectivity index (χ1) is 22.2. The molecule has 16 heteroatoms. The van der Waals surface area contributed by atoms with Gasteiger partial charge in [-0.15, -0.1) is 0 Å². The van der Waals surface area contributed by atoms with Crippen LogP contribution in [0.4, 0.5) is 26.3 Å². The van der Waals surface area contributed by atoms with Crippen LogP contribution in [-0.4, -0.2) is 84.1 Å². The van der Waals surface area contributed by atoms with Crippen molar-refractivity contribution in [3.05, 3.63) is 63.3 Å². The van der Waals surface area contributed by atoms with E-state index in [-0.39, 0.29) is 21.9 Å². The van der Waals surface area contributed by atoms with Crippen LogP contribution in [0.25, 0.3) is 10.2 Å². The summed E-state index contributed by atoms with van der Waals surface area (Å²) in [5, 5.41) is 16.8. The van der Waals surface area contributed by atoms with Gasteiger partial charge >= 0.3 is 28.8 Å². The Kier molecular flexibility index (Phi) is 14.8. The van der Waals surface area contributed by atoms with Gasteiger partial charge in [0.2, 0.25) is 5.91 Å². The molecule has 0 bridgehead atoms. The minimum absolute atomic E-state index is 0.0221. The van der Waals surface area contributed by atoms with E-state index in [1.54, 1.807) is 6.07 Å². The van der Waals surface area contributed by atoms with Crippen LogP contribution < -0.4 is 15.5 Å². The molecule has 1 heterocycles. The third-order valence-electron chi connectivity index (χ3n) is 6.84. The van der Waals surface area contributed by atoms with Crippen LogP contribution in [0.5, 0.6) is 5.75 Å². The number of alkyl halides is 6. The van der Waals surface area contributed by atoms with E-state index in [0.717, 1.165) is 41.1 Å². The summed E-state index contributed by atoms with van der Waals surface area (Å²) in [5.41, 5.74) is 2.86. The predicted molar refractivity (Wildman–Crippen MR) is 171 cm³/mol. The molecule has 3 aromatic rings. The molecule has 1 atom stereocenters. The van der Waals surface area contributed by atoms with E-state index >= 15 is 0 Å². The van der Waals surface area contributed by atoms with Crippen molar-refractivity contribution in [3.8, 4) is 5.75 Å². The molecule has 0 saturated carbocycles. The monoisotopic (exact) mass is 706 g/mol. The summed E-state index contributed by atoms with van der Waals surface area (Å²) in [6.45, 7) is 13.0. The molecule has 4 N–H and O–H groups in total. The second kappa shape index (κ2) is 17.6. The Morgan fingerprint density at radius 1 is 0.896 bits per heavy atom. The van der Waals surface area contributed by atoms with Gasteiger partial charge in [0.15, 0.2) is 0 Å². The fourth-order valence-electron chi connectivity index (χ4n) is 4.53. The molecule has 0 aliphatic rings. The molecule has 0 unspecified atom stereocenters. The first-order valence-corrected chi connectivity index (χ1v) is 15.8. The van der Waals surface area contributed by atoms with Gasteiger partial charge in [0, 0.05) is 39.1 Å². The maximum Gasteiger partial charge on any atom is 0.458 e. The number of H-pyrrole nitrogens is 1. The van der Waals surface area contributed by atoms with Gasteiger partial charge in [-0.25, -0.2) is 0 Å². The number of hydrogen-bond donors (Lipinski definition) is 4. The molecule has 1 amide bonds. The summed E-state index contributed by atoms with van der Waals surface area (Å²) in [5.74, 6) is -6.15. The van der Waals surface area contributed by atoms with Crippen LogP contribution in [0.2, 0.25) is 0 Å². The highest BCUT2D eigenvalue weighted by atomic mass is 32.1. The maximum atomic E-state index is 13.0. The van der Waals surface area contributed by atoms with Crippen LogP contribution in [0, 0.1) is 5.41 Å². The fourth-order valence-corrected chi connectivity index (χ4v) is 5.42. The number of aromatic nitrogens is 1. The lowest BCUT2D eigenvalue weighted by Crippen LogP contribution is -2.42. The summed E-state index contributed by atoms with van der Waals surface area (Å²) in [6.07, 6.45) is -10.3. The van der Waals surface area contributed by atoms with E-state index in [4.69, 9.17) is 0 Å². The normalized spacial score (nSPS) is 12.7. The zero-order chi connectivity index (χ0) is 36.3. The molecule has 0 saturated heterocycles. The number of phenolic OH excluding ortho intramolecular Hbond substituents is 1. The first-order valence-electron chi connectivity index (χ1n) is 15.0. The van der Waals surface area contributed by atoms with E-state index in [2.05, 4.69) is 67.6 Å². The van der Waals surface area contributed by atoms with Crippen LogP contribution in [0.3, 0.4) is 0 Å². The molecule has 0 radical (unpaired) electrons. The number of nitrogens with zero attached hydrogens (tertiary/aromatic N) is 1. The number of benzene rings is 2. The zero-order valence-electron chi connectivity index (χ0n) is 27.0. The van der Waals surface area contributed by atoms with Crippen molar-refractivity contribution >= 4 is 39.0 Å². The molecule has 0 fully saturated rings. The van der Waals surface area contributed by atoms with Gasteiger partial charge in [0.25, 0.3) is 0 Å². The van der Waals surface area contributed by atoms with Crippen molar-refractivity contribution in [2.45, 2.75) is 58.8 Å². The number of ketones is 2. The van der Waals surface area contributed by atoms with Crippen molar-refractivity contribution in [2.24, 2.45) is 5.41 Å². The summed E-state index contributed by atoms with van der Waals surface area (Å²) in [4.78, 5) is 48.4. The molecule has 2 aromatic carbocycles. The van der Waals surface area contributed by atoms with Gasteiger partial charge in [-0.2, -0.15) is 26.3 Å². The number of hydrogen-bond acceptors (Lipinski definition) is 8. The predicted octanol–water partition coefficient (Wildman–Crippen LogP) is 5.33. The molecule has 3 rings (SSSR count). The number of Topliss-reactive ketones (excluding diaryl/α,β-unsaturated/α-hetero) is 2. The number of amides is 1. The minimum atomic E-state index is -5.77. The largest absolute Gasteiger partial charge is 0.506 e. The highest BCUT2D eigenvalue weighted by molar-refractivity contribution is 7.16. The molecular formula is C32H40F6N4O5S. The van der Waals surface area contributed by atoms with E-state index in [9.17, 15) is 50.6 Å². The van der Waals surface area contributed by atoms with Crippen molar-refractivity contribution in [1.82, 2.24) is 20.5 Å². The van der Waals surface area contributed by atoms with Gasteiger partial charge < -0.3 is 25.6 Å². The lowest BCUT2D eigenvalue weighted by molar-refractivity contribution is -0.193. The minimum Gasteiger partial charge on any atom is -0.506 e. The number of aromatic hydroxyl groups is 1. The van der Waals surface area contributed by atoms with Crippen molar-refractivity contribution < 1.29 is 45.8 Å². The summed E-state index contributed by atoms with van der Waals surface area (Å²) < 4.78 is 67.8. The van der Waals surface area contributed by atoms with Gasteiger partial charge in [-0.3, -0.25) is 19.2 Å². The van der Waals surface area contributed by atoms with E-state index in [1.807, 2.05) is 17.0 Å². The van der Waals surface area contributed by atoms with Gasteiger partial charge in [-0.1, -0.05) is 75.4 Å². The average Bonchev–Trinajstić information content (AvgIpc) is 3.40. The van der Waals surface area contributed by atoms with Gasteiger partial charge in [-0.05, 0) is 41.5 Å². The number of halogens is 6. The standard InChI is InChI=1S/C28H40N4O3S.C4F6O2/c1-20(21-8-6-5-7-9-21)18-30-15-13-24(34)32(19-28(2,3)4)17-16-29-14-12-22-10-11-23(33)25-26(22)36-27(35)31-25;5-3(6,7)1(11)2(12)4(8,9)10/h5-11,20,29-30,33H,12-19H2,1-4H3,(H,31,35);/t20-;/m1./s1. The molecular weight excluding hydrogens is 666 g/mol. The highest BCUT2D eigenvalue weighted by Gasteiger charge is 2.54. The summed E-state index contributed by atoms with van der Waals surface area (Å²) in [6, 6.07) is 13.9. The molecule has 0 aliphatic heterocycles. The van der Waals surface area contributed by atoms with Crippen molar-refractivity contribution in [1.29, 1.82) is 0 Å². The Balaban J connectivity index is 0.000000567. The van der Waals surface area contributed by atoms with Crippen LogP contribution in [-0.2, 0) is 20.8 Å². The second-order valence-corrected chi connectivity index (χ2v) is 13.2. The zero-order valence-corrected chi connectivity index (χ0v) is 27.8. The van der Waals surface area contributed by atoms with Crippen molar-refractivity contribution in [2.75, 3.05) is 39.3 Å². The lowest BCUT2D eigenvalue weighted by atomic mass is 9.96. The Morgan fingerprint density at radius 2 is 1.50 bits per heavy atom. The molecule has 48 heavy (non-hydrogen) atoms. The maximum absolute atomic E-state index is 13.0. The number of fused-ring (bicyclic) bond motifs is 1. The Hall–Kier alpha value is -3.76. The summed E-state index contributed by atoms with van der Waals surface area (Å²) in [7, 11) is 0. The molecule has 0 aliphatic carbocycles. The molecule has 1 aromatic heterocycles. The third kappa shape index (κ3) is 13.4. The number of rotatable bonds is 14. The molecule has 9 nitrogen and oxygen atoms in total. The van der Waals surface area contributed by atoms with Crippen LogP contribution >= 0.6 is 11.3 Å². The topological polar surface area (TPSA) is 132 Å². The van der Waals surface area contributed by atoms with Gasteiger partial charge in [0.1, 0.15) is 11.3 Å². The Labute approximate surface area is 277 Å². The van der Waals surface area contributed by atoms with Crippen molar-refractivity contribution in [3.63, 3.8) is 0 Å². The summed E-state index contributed by atoms with van der Waals surface area (Å²) >= 11 is 1.12. The van der Waals surface area contributed by atoms with E-state index < -0.39 is 23.9 Å². The van der Waals surface area contributed by atoms with E-state index in [1.165, 1.54) is 5.56 Å². The number of thiazole rings is 1. The number of phenols is 1. The lowest BCUT2D eigenvalue weighted by Gasteiger charge is -2.30. The Morgan fingerprint density at radius 3 is 2.06 bits per heavy atom. The second-order valence-electron chi connectivity index (χ2n) is 12.3. The molecule has 0 spiro atoms. The fraction of sp³-hybridized carbons (Fsp3) is 0.500. The Bertz CT molecular complexity index is 1540. The van der Waals surface area contributed by atoms with Crippen LogP contribution in [0.1, 0.15) is 51.2 Å². The molecule has 266 valence electrons. The average molecular weight is 707 g/mol. The number of nitrogens with one attached hydrogen (secondary N) is 3. The highest BCUT2D eigenvalue weighted by Crippen LogP contribution is 2.28. The SMILES string of the molecule is C[C@H](CNCCC(=O)N(CCNCCc1ccc(O)c2[nH]c(=O)sc12)CC(C)(C)C)c1ccccc1.O=C(C(=O)C(F)(F)F)C(F)(F)F. The van der Waals surface area contributed by atoms with E-state index in [0.29, 0.717) is 44.0 Å². The van der Waals surface area contributed by atoms with Crippen LogP contribution in [0.15, 0.2) is 47.3 Å². The van der Waals surface area contributed by atoms with Gasteiger partial charge in [0.05, 0.1) is 4.70 Å². The first kappa shape index (κ1) is 40.4. The number of carbonyl (C=O) groups is 3. The smallest absolute Gasteiger partial charge is 0.458 e. The third-order valence-corrected chi connectivity index (χ3v) is 7.80. The quantitative estimate of drug-likeness (QED) is 0.101. The number of carbonyl (C=O) groups excluding carboxylic acids is 3. The number of aromatic amines is 1.